The lowest BCUT2D eigenvalue weighted by molar-refractivity contribution is 0.0942. The molecule has 1 amide bonds. The Labute approximate surface area is 144 Å². The molecule has 1 saturated carbocycles. The summed E-state index contributed by atoms with van der Waals surface area (Å²) in [5.41, 5.74) is 1.61. The van der Waals surface area contributed by atoms with Crippen molar-refractivity contribution >= 4 is 21.8 Å². The van der Waals surface area contributed by atoms with Gasteiger partial charge in [0.2, 0.25) is 0 Å². The third kappa shape index (κ3) is 3.47. The van der Waals surface area contributed by atoms with Crippen LogP contribution in [-0.4, -0.2) is 12.5 Å². The first-order chi connectivity index (χ1) is 11.1. The molecule has 4 heteroatoms. The Bertz CT molecular complexity index is 696. The van der Waals surface area contributed by atoms with Crippen LogP contribution < -0.4 is 5.32 Å². The molecule has 3 rings (SSSR count). The fraction of sp³-hybridized carbons (Fsp3) is 0.316. The molecular formula is C19H19BrFNO. The van der Waals surface area contributed by atoms with Crippen LogP contribution in [0.4, 0.5) is 4.39 Å². The van der Waals surface area contributed by atoms with E-state index < -0.39 is 5.82 Å². The first-order valence-corrected chi connectivity index (χ1v) is 8.69. The molecule has 0 aromatic heterocycles. The molecule has 1 aliphatic carbocycles. The van der Waals surface area contributed by atoms with Crippen LogP contribution in [0, 0.1) is 5.82 Å². The molecule has 1 N–H and O–H groups in total. The summed E-state index contributed by atoms with van der Waals surface area (Å²) in [6.45, 7) is 0.582. The van der Waals surface area contributed by atoms with E-state index in [0.29, 0.717) is 16.6 Å². The third-order valence-corrected chi connectivity index (χ3v) is 5.40. The Hall–Kier alpha value is -1.68. The topological polar surface area (TPSA) is 29.1 Å². The highest BCUT2D eigenvalue weighted by Gasteiger charge is 2.35. The van der Waals surface area contributed by atoms with Crippen LogP contribution in [0.25, 0.3) is 0 Å². The predicted molar refractivity (Wildman–Crippen MR) is 93.0 cm³/mol. The number of carbonyl (C=O) groups excluding carboxylic acids is 1. The highest BCUT2D eigenvalue weighted by atomic mass is 79.9. The molecule has 0 heterocycles. The van der Waals surface area contributed by atoms with Crippen molar-refractivity contribution in [3.05, 3.63) is 69.9 Å². The smallest absolute Gasteiger partial charge is 0.252 e. The Morgan fingerprint density at radius 1 is 1.13 bits per heavy atom. The molecule has 23 heavy (non-hydrogen) atoms. The number of carbonyl (C=O) groups is 1. The van der Waals surface area contributed by atoms with Crippen molar-refractivity contribution in [1.82, 2.24) is 5.32 Å². The molecule has 120 valence electrons. The molecule has 2 aromatic rings. The second kappa shape index (κ2) is 6.83. The zero-order chi connectivity index (χ0) is 16.3. The van der Waals surface area contributed by atoms with Gasteiger partial charge in [0.15, 0.2) is 0 Å². The van der Waals surface area contributed by atoms with Gasteiger partial charge >= 0.3 is 0 Å². The maximum Gasteiger partial charge on any atom is 0.252 e. The van der Waals surface area contributed by atoms with Crippen LogP contribution in [-0.2, 0) is 5.41 Å². The number of benzene rings is 2. The van der Waals surface area contributed by atoms with Crippen LogP contribution in [0.3, 0.4) is 0 Å². The van der Waals surface area contributed by atoms with Crippen molar-refractivity contribution in [1.29, 1.82) is 0 Å². The van der Waals surface area contributed by atoms with Crippen molar-refractivity contribution < 1.29 is 9.18 Å². The van der Waals surface area contributed by atoms with Crippen molar-refractivity contribution in [3.63, 3.8) is 0 Å². The van der Waals surface area contributed by atoms with Crippen LogP contribution in [0.5, 0.6) is 0 Å². The maximum atomic E-state index is 13.4. The lowest BCUT2D eigenvalue weighted by Crippen LogP contribution is -2.39. The minimum absolute atomic E-state index is 0.00325. The van der Waals surface area contributed by atoms with E-state index in [4.69, 9.17) is 0 Å². The molecule has 2 nitrogen and oxygen atoms in total. The first-order valence-electron chi connectivity index (χ1n) is 7.90. The molecule has 0 spiro atoms. The summed E-state index contributed by atoms with van der Waals surface area (Å²) in [6, 6.07) is 14.5. The van der Waals surface area contributed by atoms with E-state index in [9.17, 15) is 9.18 Å². The third-order valence-electron chi connectivity index (χ3n) is 4.71. The van der Waals surface area contributed by atoms with Gasteiger partial charge in [-0.1, -0.05) is 43.2 Å². The fourth-order valence-corrected chi connectivity index (χ4v) is 3.85. The van der Waals surface area contributed by atoms with Gasteiger partial charge in [-0.3, -0.25) is 4.79 Å². The molecule has 2 aromatic carbocycles. The van der Waals surface area contributed by atoms with E-state index in [1.54, 1.807) is 6.07 Å². The zero-order valence-electron chi connectivity index (χ0n) is 12.8. The number of rotatable bonds is 4. The highest BCUT2D eigenvalue weighted by Crippen LogP contribution is 2.40. The van der Waals surface area contributed by atoms with Gasteiger partial charge in [0.1, 0.15) is 5.82 Å². The van der Waals surface area contributed by atoms with Crippen LogP contribution >= 0.6 is 15.9 Å². The molecule has 1 fully saturated rings. The second-order valence-electron chi connectivity index (χ2n) is 6.16. The molecule has 0 radical (unpaired) electrons. The van der Waals surface area contributed by atoms with Gasteiger partial charge < -0.3 is 5.32 Å². The summed E-state index contributed by atoms with van der Waals surface area (Å²) in [5.74, 6) is -0.643. The standard InChI is InChI=1S/C19H19BrFNO/c20-17-9-8-15(21)12-16(17)18(23)22-13-19(10-4-5-11-19)14-6-2-1-3-7-14/h1-3,6-9,12H,4-5,10-11,13H2,(H,22,23). The molecule has 0 aliphatic heterocycles. The van der Waals surface area contributed by atoms with Crippen molar-refractivity contribution in [2.45, 2.75) is 31.1 Å². The summed E-state index contributed by atoms with van der Waals surface area (Å²) in [4.78, 5) is 12.4. The summed E-state index contributed by atoms with van der Waals surface area (Å²) in [6.07, 6.45) is 4.49. The van der Waals surface area contributed by atoms with E-state index in [1.807, 2.05) is 18.2 Å². The SMILES string of the molecule is O=C(NCC1(c2ccccc2)CCCC1)c1cc(F)ccc1Br. The van der Waals surface area contributed by atoms with E-state index in [2.05, 4.69) is 33.4 Å². The lowest BCUT2D eigenvalue weighted by atomic mass is 9.79. The van der Waals surface area contributed by atoms with Crippen molar-refractivity contribution in [3.8, 4) is 0 Å². The average Bonchev–Trinajstić information content (AvgIpc) is 3.06. The maximum absolute atomic E-state index is 13.4. The Kier molecular flexibility index (Phi) is 4.81. The Balaban J connectivity index is 1.77. The Morgan fingerprint density at radius 2 is 1.83 bits per heavy atom. The number of nitrogens with one attached hydrogen (secondary N) is 1. The molecule has 0 atom stereocenters. The van der Waals surface area contributed by atoms with Crippen LogP contribution in [0.15, 0.2) is 53.0 Å². The lowest BCUT2D eigenvalue weighted by Gasteiger charge is -2.30. The predicted octanol–water partition coefficient (Wildman–Crippen LogP) is 4.83. The quantitative estimate of drug-likeness (QED) is 0.814. The normalized spacial score (nSPS) is 16.3. The Morgan fingerprint density at radius 3 is 2.52 bits per heavy atom. The van der Waals surface area contributed by atoms with Gasteiger partial charge in [0.25, 0.3) is 5.91 Å². The summed E-state index contributed by atoms with van der Waals surface area (Å²) >= 11 is 3.32. The van der Waals surface area contributed by atoms with E-state index >= 15 is 0 Å². The molecular weight excluding hydrogens is 357 g/mol. The number of amides is 1. The average molecular weight is 376 g/mol. The van der Waals surface area contributed by atoms with Gasteiger partial charge in [-0.25, -0.2) is 4.39 Å². The molecule has 0 unspecified atom stereocenters. The van der Waals surface area contributed by atoms with Crippen molar-refractivity contribution in [2.24, 2.45) is 0 Å². The number of hydrogen-bond acceptors (Lipinski definition) is 1. The van der Waals surface area contributed by atoms with E-state index in [1.165, 1.54) is 30.5 Å². The largest absolute Gasteiger partial charge is 0.351 e. The van der Waals surface area contributed by atoms with Gasteiger partial charge in [-0.2, -0.15) is 0 Å². The minimum Gasteiger partial charge on any atom is -0.351 e. The molecule has 0 bridgehead atoms. The monoisotopic (exact) mass is 375 g/mol. The van der Waals surface area contributed by atoms with Gasteiger partial charge in [-0.15, -0.1) is 0 Å². The van der Waals surface area contributed by atoms with Crippen LogP contribution in [0.2, 0.25) is 0 Å². The summed E-state index contributed by atoms with van der Waals surface area (Å²) < 4.78 is 14.0. The highest BCUT2D eigenvalue weighted by molar-refractivity contribution is 9.10. The summed E-state index contributed by atoms with van der Waals surface area (Å²) in [5, 5.41) is 3.01. The number of halogens is 2. The van der Waals surface area contributed by atoms with Gasteiger partial charge in [0.05, 0.1) is 5.56 Å². The summed E-state index contributed by atoms with van der Waals surface area (Å²) in [7, 11) is 0. The fourth-order valence-electron chi connectivity index (χ4n) is 3.43. The number of hydrogen-bond donors (Lipinski definition) is 1. The molecule has 1 aliphatic rings. The first kappa shape index (κ1) is 16.2. The van der Waals surface area contributed by atoms with Gasteiger partial charge in [-0.05, 0) is 52.5 Å². The van der Waals surface area contributed by atoms with Crippen molar-refractivity contribution in [2.75, 3.05) is 6.54 Å². The zero-order valence-corrected chi connectivity index (χ0v) is 14.4. The van der Waals surface area contributed by atoms with Crippen LogP contribution in [0.1, 0.15) is 41.6 Å². The van der Waals surface area contributed by atoms with E-state index in [-0.39, 0.29) is 11.3 Å². The van der Waals surface area contributed by atoms with Gasteiger partial charge in [0, 0.05) is 16.4 Å². The minimum atomic E-state index is -0.406. The molecule has 0 saturated heterocycles. The second-order valence-corrected chi connectivity index (χ2v) is 7.01. The van der Waals surface area contributed by atoms with E-state index in [0.717, 1.165) is 12.8 Å².